The first-order valence-electron chi connectivity index (χ1n) is 5.49. The van der Waals surface area contributed by atoms with Crippen LogP contribution in [0.5, 0.6) is 5.75 Å². The zero-order chi connectivity index (χ0) is 11.8. The average molecular weight is 234 g/mol. The van der Waals surface area contributed by atoms with Gasteiger partial charge in [-0.1, -0.05) is 31.7 Å². The van der Waals surface area contributed by atoms with Crippen LogP contribution in [0.1, 0.15) is 19.4 Å². The molecule has 0 saturated carbocycles. The normalized spacial score (nSPS) is 12.1. The summed E-state index contributed by atoms with van der Waals surface area (Å²) < 4.78 is 11.0. The molecule has 0 aliphatic carbocycles. The molecule has 0 N–H and O–H groups in total. The number of ether oxygens (including phenoxy) is 1. The van der Waals surface area contributed by atoms with Crippen LogP contribution >= 0.6 is 0 Å². The van der Waals surface area contributed by atoms with Crippen LogP contribution in [-0.4, -0.2) is 23.0 Å². The molecular weight excluding hydrogens is 216 g/mol. The Hall–Kier alpha value is -1.06. The Balaban J connectivity index is 2.38. The van der Waals surface area contributed by atoms with E-state index in [1.54, 1.807) is 0 Å². The van der Waals surface area contributed by atoms with Crippen LogP contribution in [0.2, 0.25) is 5.54 Å². The second-order valence-electron chi connectivity index (χ2n) is 3.56. The van der Waals surface area contributed by atoms with Crippen LogP contribution in [0.3, 0.4) is 0 Å². The minimum atomic E-state index is 0.432. The topological polar surface area (TPSA) is 18.5 Å². The van der Waals surface area contributed by atoms with Crippen molar-refractivity contribution in [3.8, 4) is 5.75 Å². The Bertz CT molecular complexity index is 325. The molecule has 1 atom stereocenters. The molecule has 3 heteroatoms. The maximum absolute atomic E-state index is 5.71. The lowest BCUT2D eigenvalue weighted by atomic mass is 10.2. The maximum Gasteiger partial charge on any atom is 0.316 e. The highest BCUT2D eigenvalue weighted by Gasteiger charge is 2.06. The fourth-order valence-corrected chi connectivity index (χ4v) is 1.85. The molecule has 1 aromatic rings. The van der Waals surface area contributed by atoms with Crippen LogP contribution in [0.15, 0.2) is 30.8 Å². The van der Waals surface area contributed by atoms with E-state index in [2.05, 4.69) is 13.5 Å². The van der Waals surface area contributed by atoms with Crippen molar-refractivity contribution in [2.45, 2.75) is 19.4 Å². The fraction of sp³-hybridized carbons (Fsp3) is 0.385. The third kappa shape index (κ3) is 4.64. The van der Waals surface area contributed by atoms with Crippen molar-refractivity contribution in [3.63, 3.8) is 0 Å². The van der Waals surface area contributed by atoms with Gasteiger partial charge in [0.1, 0.15) is 5.75 Å². The quantitative estimate of drug-likeness (QED) is 0.675. The van der Waals surface area contributed by atoms with Gasteiger partial charge in [0.15, 0.2) is 0 Å². The molecule has 0 saturated heterocycles. The van der Waals surface area contributed by atoms with E-state index in [-0.39, 0.29) is 0 Å². The molecule has 0 bridgehead atoms. The molecule has 0 amide bonds. The van der Waals surface area contributed by atoms with E-state index in [1.165, 1.54) is 0 Å². The van der Waals surface area contributed by atoms with Gasteiger partial charge in [0.05, 0.1) is 0 Å². The number of hydrogen-bond acceptors (Lipinski definition) is 2. The van der Waals surface area contributed by atoms with E-state index >= 15 is 0 Å². The lowest BCUT2D eigenvalue weighted by Crippen LogP contribution is -2.13. The highest BCUT2D eigenvalue weighted by Crippen LogP contribution is 2.15. The van der Waals surface area contributed by atoms with Gasteiger partial charge in [-0.15, -0.1) is 0 Å². The molecule has 1 unspecified atom stereocenters. The molecule has 16 heavy (non-hydrogen) atoms. The molecule has 2 radical (unpaired) electrons. The third-order valence-corrected chi connectivity index (χ3v) is 2.97. The predicted octanol–water partition coefficient (Wildman–Crippen LogP) is 3.17. The third-order valence-electron chi connectivity index (χ3n) is 2.04. The van der Waals surface area contributed by atoms with E-state index in [0.29, 0.717) is 15.3 Å². The van der Waals surface area contributed by atoms with Crippen LogP contribution in [-0.2, 0) is 4.74 Å². The predicted molar refractivity (Wildman–Crippen MR) is 68.8 cm³/mol. The number of benzene rings is 1. The first-order chi connectivity index (χ1) is 7.76. The molecule has 1 rings (SSSR count). The Morgan fingerprint density at radius 2 is 2.31 bits per heavy atom. The molecular formula is C13H18O2Si. The van der Waals surface area contributed by atoms with Gasteiger partial charge in [-0.3, -0.25) is 0 Å². The van der Waals surface area contributed by atoms with Crippen LogP contribution in [0, 0.1) is 0 Å². The average Bonchev–Trinajstić information content (AvgIpc) is 2.34. The second-order valence-corrected chi connectivity index (χ2v) is 4.98. The molecule has 86 valence electrons. The minimum absolute atomic E-state index is 0.432. The van der Waals surface area contributed by atoms with Gasteiger partial charge in [0.2, 0.25) is 0 Å². The molecule has 2 nitrogen and oxygen atoms in total. The Kier molecular flexibility index (Phi) is 5.89. The van der Waals surface area contributed by atoms with Crippen LogP contribution < -0.4 is 4.43 Å². The van der Waals surface area contributed by atoms with Crippen molar-refractivity contribution in [1.82, 2.24) is 0 Å². The summed E-state index contributed by atoms with van der Waals surface area (Å²) >= 11 is 0. The molecule has 0 heterocycles. The van der Waals surface area contributed by atoms with Crippen LogP contribution in [0.25, 0.3) is 6.08 Å². The van der Waals surface area contributed by atoms with Gasteiger partial charge in [0.25, 0.3) is 0 Å². The van der Waals surface area contributed by atoms with Gasteiger partial charge in [-0.05, 0) is 24.6 Å². The van der Waals surface area contributed by atoms with Gasteiger partial charge < -0.3 is 9.16 Å². The molecule has 0 aliphatic heterocycles. The summed E-state index contributed by atoms with van der Waals surface area (Å²) in [6.07, 6.45) is 1.82. The minimum Gasteiger partial charge on any atom is -0.540 e. The first-order valence-corrected chi connectivity index (χ1v) is 6.47. The van der Waals surface area contributed by atoms with Crippen molar-refractivity contribution < 1.29 is 9.16 Å². The van der Waals surface area contributed by atoms with E-state index in [9.17, 15) is 0 Å². The van der Waals surface area contributed by atoms with E-state index in [1.807, 2.05) is 37.3 Å². The molecule has 0 aliphatic rings. The second kappa shape index (κ2) is 7.25. The maximum atomic E-state index is 5.71. The van der Waals surface area contributed by atoms with Crippen molar-refractivity contribution in [3.05, 3.63) is 36.4 Å². The first kappa shape index (κ1) is 13.0. The lowest BCUT2D eigenvalue weighted by Gasteiger charge is -2.11. The zero-order valence-corrected chi connectivity index (χ0v) is 10.9. The summed E-state index contributed by atoms with van der Waals surface area (Å²) in [7, 11) is 0.432. The smallest absolute Gasteiger partial charge is 0.316 e. The van der Waals surface area contributed by atoms with Crippen molar-refractivity contribution in [2.24, 2.45) is 0 Å². The van der Waals surface area contributed by atoms with E-state index in [0.717, 1.165) is 24.5 Å². The Labute approximate surface area is 100 Å². The van der Waals surface area contributed by atoms with Crippen molar-refractivity contribution in [2.75, 3.05) is 13.2 Å². The molecule has 0 aromatic heterocycles. The Morgan fingerprint density at radius 1 is 1.50 bits per heavy atom. The SMILES string of the molecule is C=Cc1cccc(O[Si]C(C)COCC)c1. The van der Waals surface area contributed by atoms with Gasteiger partial charge in [0, 0.05) is 18.8 Å². The van der Waals surface area contributed by atoms with E-state index in [4.69, 9.17) is 9.16 Å². The summed E-state index contributed by atoms with van der Waals surface area (Å²) in [6.45, 7) is 9.39. The molecule has 1 aromatic carbocycles. The van der Waals surface area contributed by atoms with Crippen molar-refractivity contribution >= 4 is 15.8 Å². The van der Waals surface area contributed by atoms with Gasteiger partial charge in [-0.2, -0.15) is 0 Å². The van der Waals surface area contributed by atoms with E-state index < -0.39 is 0 Å². The number of hydrogen-bond donors (Lipinski definition) is 0. The molecule has 0 fully saturated rings. The summed E-state index contributed by atoms with van der Waals surface area (Å²) in [6, 6.07) is 7.94. The highest BCUT2D eigenvalue weighted by molar-refractivity contribution is 6.30. The zero-order valence-electron chi connectivity index (χ0n) is 9.90. The highest BCUT2D eigenvalue weighted by atomic mass is 28.2. The van der Waals surface area contributed by atoms with Gasteiger partial charge in [-0.25, -0.2) is 0 Å². The molecule has 0 spiro atoms. The monoisotopic (exact) mass is 234 g/mol. The lowest BCUT2D eigenvalue weighted by molar-refractivity contribution is 0.146. The summed E-state index contributed by atoms with van der Waals surface area (Å²) in [5.74, 6) is 0.902. The van der Waals surface area contributed by atoms with Crippen LogP contribution in [0.4, 0.5) is 0 Å². The summed E-state index contributed by atoms with van der Waals surface area (Å²) in [5, 5.41) is 0. The number of rotatable bonds is 7. The largest absolute Gasteiger partial charge is 0.540 e. The standard InChI is InChI=1S/C13H18O2Si/c1-4-12-7-6-8-13(9-12)15-16-11(3)10-14-5-2/h4,6-9,11H,1,5,10H2,2-3H3. The summed E-state index contributed by atoms with van der Waals surface area (Å²) in [5.41, 5.74) is 1.52. The Morgan fingerprint density at radius 3 is 3.00 bits per heavy atom. The van der Waals surface area contributed by atoms with Crippen molar-refractivity contribution in [1.29, 1.82) is 0 Å². The van der Waals surface area contributed by atoms with Gasteiger partial charge >= 0.3 is 9.76 Å². The summed E-state index contributed by atoms with van der Waals surface area (Å²) in [4.78, 5) is 0. The fourth-order valence-electron chi connectivity index (χ4n) is 1.20.